The minimum Gasteiger partial charge on any atom is -0.493 e. The molecule has 0 aliphatic heterocycles. The van der Waals surface area contributed by atoms with Gasteiger partial charge in [-0.1, -0.05) is 23.9 Å². The van der Waals surface area contributed by atoms with Crippen molar-refractivity contribution < 1.29 is 18.7 Å². The highest BCUT2D eigenvalue weighted by atomic mass is 32.2. The van der Waals surface area contributed by atoms with Crippen LogP contribution in [0.1, 0.15) is 15.9 Å². The molecule has 5 rings (SSSR count). The summed E-state index contributed by atoms with van der Waals surface area (Å²) in [6, 6.07) is 22.5. The number of aromatic nitrogens is 4. The molecule has 0 aliphatic carbocycles. The number of pyridine rings is 1. The van der Waals surface area contributed by atoms with Gasteiger partial charge < -0.3 is 14.8 Å². The summed E-state index contributed by atoms with van der Waals surface area (Å²) in [4.78, 5) is 16.9. The van der Waals surface area contributed by atoms with E-state index in [0.29, 0.717) is 39.5 Å². The van der Waals surface area contributed by atoms with Crippen molar-refractivity contribution in [3.05, 3.63) is 108 Å². The minimum atomic E-state index is -0.318. The summed E-state index contributed by atoms with van der Waals surface area (Å²) in [6.07, 6.45) is 3.38. The quantitative estimate of drug-likeness (QED) is 0.228. The molecule has 3 aromatic carbocycles. The van der Waals surface area contributed by atoms with Crippen LogP contribution in [0.15, 0.2) is 96.4 Å². The summed E-state index contributed by atoms with van der Waals surface area (Å²) >= 11 is 1.49. The zero-order valence-corrected chi connectivity index (χ0v) is 22.0. The van der Waals surface area contributed by atoms with Crippen molar-refractivity contribution in [3.8, 4) is 28.6 Å². The fraction of sp³-hybridized carbons (Fsp3) is 0.103. The maximum Gasteiger partial charge on any atom is 0.255 e. The lowest BCUT2D eigenvalue weighted by Gasteiger charge is -2.11. The molecule has 196 valence electrons. The van der Waals surface area contributed by atoms with Gasteiger partial charge in [-0.05, 0) is 66.2 Å². The third-order valence-corrected chi connectivity index (χ3v) is 6.88. The van der Waals surface area contributed by atoms with Crippen LogP contribution < -0.4 is 14.8 Å². The smallest absolute Gasteiger partial charge is 0.255 e. The molecule has 2 aromatic heterocycles. The van der Waals surface area contributed by atoms with E-state index in [0.717, 1.165) is 16.8 Å². The van der Waals surface area contributed by atoms with Crippen LogP contribution in [0.4, 0.5) is 10.1 Å². The Kier molecular flexibility index (Phi) is 7.83. The molecule has 0 spiro atoms. The topological polar surface area (TPSA) is 91.2 Å². The van der Waals surface area contributed by atoms with E-state index in [4.69, 9.17) is 9.47 Å². The SMILES string of the molecule is COc1ccc(NC(=O)c2ccc(CSc3nnc(-c4ccncc4)n3-c3ccc(F)cc3)cc2)cc1OC. The highest BCUT2D eigenvalue weighted by Crippen LogP contribution is 2.31. The number of methoxy groups -OCH3 is 2. The van der Waals surface area contributed by atoms with Gasteiger partial charge in [-0.25, -0.2) is 4.39 Å². The van der Waals surface area contributed by atoms with Gasteiger partial charge in [0, 0.05) is 46.7 Å². The predicted molar refractivity (Wildman–Crippen MR) is 148 cm³/mol. The number of anilines is 1. The van der Waals surface area contributed by atoms with Gasteiger partial charge in [0.15, 0.2) is 22.5 Å². The zero-order chi connectivity index (χ0) is 27.2. The predicted octanol–water partition coefficient (Wildman–Crippen LogP) is 6.03. The minimum absolute atomic E-state index is 0.237. The Bertz CT molecular complexity index is 1580. The number of rotatable bonds is 9. The number of hydrogen-bond acceptors (Lipinski definition) is 7. The molecule has 2 heterocycles. The number of nitrogens with zero attached hydrogens (tertiary/aromatic N) is 4. The van der Waals surface area contributed by atoms with Crippen molar-refractivity contribution in [1.29, 1.82) is 0 Å². The Hall–Kier alpha value is -4.70. The number of carbonyl (C=O) groups is 1. The van der Waals surface area contributed by atoms with Gasteiger partial charge in [-0.2, -0.15) is 0 Å². The van der Waals surface area contributed by atoms with Crippen molar-refractivity contribution >= 4 is 23.4 Å². The average molecular weight is 542 g/mol. The van der Waals surface area contributed by atoms with E-state index in [9.17, 15) is 9.18 Å². The van der Waals surface area contributed by atoms with E-state index >= 15 is 0 Å². The van der Waals surface area contributed by atoms with Crippen LogP contribution in [0.2, 0.25) is 0 Å². The Morgan fingerprint density at radius 2 is 1.62 bits per heavy atom. The number of halogens is 1. The molecule has 0 aliphatic rings. The van der Waals surface area contributed by atoms with Gasteiger partial charge in [0.05, 0.1) is 14.2 Å². The maximum atomic E-state index is 13.6. The molecule has 10 heteroatoms. The lowest BCUT2D eigenvalue weighted by molar-refractivity contribution is 0.102. The van der Waals surface area contributed by atoms with Gasteiger partial charge in [-0.15, -0.1) is 10.2 Å². The van der Waals surface area contributed by atoms with E-state index in [-0.39, 0.29) is 11.7 Å². The third-order valence-electron chi connectivity index (χ3n) is 5.88. The molecule has 0 radical (unpaired) electrons. The number of hydrogen-bond donors (Lipinski definition) is 1. The van der Waals surface area contributed by atoms with Crippen LogP contribution in [0.5, 0.6) is 11.5 Å². The Balaban J connectivity index is 1.31. The van der Waals surface area contributed by atoms with Crippen LogP contribution in [0, 0.1) is 5.82 Å². The van der Waals surface area contributed by atoms with Crippen LogP contribution in [-0.2, 0) is 5.75 Å². The van der Waals surface area contributed by atoms with Crippen molar-refractivity contribution in [2.75, 3.05) is 19.5 Å². The molecule has 39 heavy (non-hydrogen) atoms. The summed E-state index contributed by atoms with van der Waals surface area (Å²) < 4.78 is 26.0. The molecule has 0 unspecified atom stereocenters. The molecule has 0 saturated heterocycles. The number of ether oxygens (including phenoxy) is 2. The Morgan fingerprint density at radius 1 is 0.897 bits per heavy atom. The fourth-order valence-corrected chi connectivity index (χ4v) is 4.80. The second-order valence-electron chi connectivity index (χ2n) is 8.36. The van der Waals surface area contributed by atoms with Crippen LogP contribution in [-0.4, -0.2) is 39.9 Å². The molecule has 0 fully saturated rings. The summed E-state index contributed by atoms with van der Waals surface area (Å²) in [5, 5.41) is 12.3. The molecule has 5 aromatic rings. The number of benzene rings is 3. The number of amides is 1. The normalized spacial score (nSPS) is 10.7. The summed E-state index contributed by atoms with van der Waals surface area (Å²) in [5.74, 6) is 1.78. The fourth-order valence-electron chi connectivity index (χ4n) is 3.89. The molecule has 1 N–H and O–H groups in total. The summed E-state index contributed by atoms with van der Waals surface area (Å²) in [7, 11) is 3.10. The maximum absolute atomic E-state index is 13.6. The van der Waals surface area contributed by atoms with Crippen LogP contribution >= 0.6 is 11.8 Å². The molecular weight excluding hydrogens is 517 g/mol. The van der Waals surface area contributed by atoms with Crippen molar-refractivity contribution in [3.63, 3.8) is 0 Å². The molecule has 0 atom stereocenters. The van der Waals surface area contributed by atoms with Crippen LogP contribution in [0.3, 0.4) is 0 Å². The van der Waals surface area contributed by atoms with Crippen LogP contribution in [0.25, 0.3) is 17.1 Å². The van der Waals surface area contributed by atoms with Gasteiger partial charge >= 0.3 is 0 Å². The van der Waals surface area contributed by atoms with E-state index in [1.807, 2.05) is 28.8 Å². The third kappa shape index (κ3) is 5.91. The molecule has 0 bridgehead atoms. The molecule has 1 amide bonds. The highest BCUT2D eigenvalue weighted by Gasteiger charge is 2.17. The van der Waals surface area contributed by atoms with Gasteiger partial charge in [0.1, 0.15) is 5.82 Å². The van der Waals surface area contributed by atoms with Crippen molar-refractivity contribution in [1.82, 2.24) is 19.7 Å². The molecule has 8 nitrogen and oxygen atoms in total. The van der Waals surface area contributed by atoms with Crippen molar-refractivity contribution in [2.45, 2.75) is 10.9 Å². The second kappa shape index (κ2) is 11.8. The first-order valence-electron chi connectivity index (χ1n) is 11.9. The standard InChI is InChI=1S/C29H24FN5O3S/c1-37-25-12-9-23(17-26(25)38-2)32-28(36)21-5-3-19(4-6-21)18-39-29-34-33-27(20-13-15-31-16-14-20)35(29)24-10-7-22(30)8-11-24/h3-17H,18H2,1-2H3,(H,32,36). The average Bonchev–Trinajstić information content (AvgIpc) is 3.41. The monoisotopic (exact) mass is 541 g/mol. The molecule has 0 saturated carbocycles. The van der Waals surface area contributed by atoms with E-state index < -0.39 is 0 Å². The number of nitrogens with one attached hydrogen (secondary N) is 1. The number of carbonyl (C=O) groups excluding carboxylic acids is 1. The molecular formula is C29H24FN5O3S. The van der Waals surface area contributed by atoms with Gasteiger partial charge in [0.2, 0.25) is 0 Å². The largest absolute Gasteiger partial charge is 0.493 e. The van der Waals surface area contributed by atoms with E-state index in [2.05, 4.69) is 20.5 Å². The number of thioether (sulfide) groups is 1. The first-order valence-corrected chi connectivity index (χ1v) is 12.9. The summed E-state index contributed by atoms with van der Waals surface area (Å²) in [6.45, 7) is 0. The van der Waals surface area contributed by atoms with Crippen molar-refractivity contribution in [2.24, 2.45) is 0 Å². The van der Waals surface area contributed by atoms with E-state index in [1.54, 1.807) is 69.1 Å². The van der Waals surface area contributed by atoms with Gasteiger partial charge in [-0.3, -0.25) is 14.3 Å². The van der Waals surface area contributed by atoms with E-state index in [1.165, 1.54) is 23.9 Å². The Labute approximate surface area is 228 Å². The second-order valence-corrected chi connectivity index (χ2v) is 9.31. The Morgan fingerprint density at radius 3 is 2.31 bits per heavy atom. The first kappa shape index (κ1) is 25.9. The first-order chi connectivity index (χ1) is 19.1. The highest BCUT2D eigenvalue weighted by molar-refractivity contribution is 7.98. The lowest BCUT2D eigenvalue weighted by Crippen LogP contribution is -2.12. The van der Waals surface area contributed by atoms with Gasteiger partial charge in [0.25, 0.3) is 5.91 Å². The lowest BCUT2D eigenvalue weighted by atomic mass is 10.1. The summed E-state index contributed by atoms with van der Waals surface area (Å²) in [5.41, 5.74) is 3.72. The zero-order valence-electron chi connectivity index (χ0n) is 21.2.